The molecule has 1 atom stereocenters. The summed E-state index contributed by atoms with van der Waals surface area (Å²) in [5, 5.41) is 3.58. The molecule has 2 aromatic carbocycles. The van der Waals surface area contributed by atoms with E-state index in [2.05, 4.69) is 21.2 Å². The fourth-order valence-electron chi connectivity index (χ4n) is 2.74. The molecule has 7 heteroatoms. The minimum atomic E-state index is -0.555. The number of hydrogen-bond acceptors (Lipinski definition) is 3. The van der Waals surface area contributed by atoms with E-state index < -0.39 is 6.04 Å². The average Bonchev–Trinajstić information content (AvgIpc) is 2.72. The van der Waals surface area contributed by atoms with Crippen molar-refractivity contribution in [2.24, 2.45) is 5.92 Å². The van der Waals surface area contributed by atoms with Gasteiger partial charge in [-0.15, -0.1) is 11.8 Å². The molecule has 0 aliphatic rings. The predicted octanol–water partition coefficient (Wildman–Crippen LogP) is 5.53. The molecule has 0 saturated heterocycles. The standard InChI is InChI=1S/C23H28BrClN2O2S/c1-16(2)12-26-23(29)17(3)27(13-18-6-10-21(25)11-7-18)22(28)15-30-14-19-4-8-20(24)9-5-19/h4-11,16-17H,12-15H2,1-3H3,(H,26,29)/t17-/m1/s1. The number of hydrogen-bond donors (Lipinski definition) is 1. The molecule has 30 heavy (non-hydrogen) atoms. The predicted molar refractivity (Wildman–Crippen MR) is 130 cm³/mol. The Hall–Kier alpha value is -1.50. The Kier molecular flexibility index (Phi) is 10.2. The Bertz CT molecular complexity index is 828. The van der Waals surface area contributed by atoms with Crippen LogP contribution in [0.5, 0.6) is 0 Å². The van der Waals surface area contributed by atoms with Crippen LogP contribution in [-0.2, 0) is 21.9 Å². The van der Waals surface area contributed by atoms with Gasteiger partial charge in [0.25, 0.3) is 0 Å². The smallest absolute Gasteiger partial charge is 0.242 e. The van der Waals surface area contributed by atoms with Crippen molar-refractivity contribution in [3.8, 4) is 0 Å². The van der Waals surface area contributed by atoms with Crippen LogP contribution in [0.1, 0.15) is 31.9 Å². The summed E-state index contributed by atoms with van der Waals surface area (Å²) in [5.74, 6) is 1.21. The van der Waals surface area contributed by atoms with Gasteiger partial charge in [-0.1, -0.05) is 65.6 Å². The van der Waals surface area contributed by atoms with Gasteiger partial charge in [-0.05, 0) is 48.2 Å². The number of rotatable bonds is 10. The lowest BCUT2D eigenvalue weighted by molar-refractivity contribution is -0.138. The number of nitrogens with zero attached hydrogens (tertiary/aromatic N) is 1. The largest absolute Gasteiger partial charge is 0.354 e. The summed E-state index contributed by atoms with van der Waals surface area (Å²) < 4.78 is 1.03. The number of nitrogens with one attached hydrogen (secondary N) is 1. The molecule has 2 aromatic rings. The van der Waals surface area contributed by atoms with Crippen LogP contribution in [0.25, 0.3) is 0 Å². The summed E-state index contributed by atoms with van der Waals surface area (Å²) in [5.41, 5.74) is 2.09. The Balaban J connectivity index is 2.04. The third-order valence-electron chi connectivity index (χ3n) is 4.53. The lowest BCUT2D eigenvalue weighted by atomic mass is 10.1. The van der Waals surface area contributed by atoms with Crippen molar-refractivity contribution in [2.75, 3.05) is 12.3 Å². The molecule has 0 radical (unpaired) electrons. The average molecular weight is 512 g/mol. The van der Waals surface area contributed by atoms with E-state index in [1.165, 1.54) is 0 Å². The van der Waals surface area contributed by atoms with Gasteiger partial charge in [-0.2, -0.15) is 0 Å². The van der Waals surface area contributed by atoms with Gasteiger partial charge in [0.1, 0.15) is 6.04 Å². The van der Waals surface area contributed by atoms with Crippen molar-refractivity contribution in [3.05, 3.63) is 69.2 Å². The van der Waals surface area contributed by atoms with Gasteiger partial charge in [-0.25, -0.2) is 0 Å². The second-order valence-electron chi connectivity index (χ2n) is 7.58. The van der Waals surface area contributed by atoms with Gasteiger partial charge in [-0.3, -0.25) is 9.59 Å². The van der Waals surface area contributed by atoms with Crippen LogP contribution in [0.15, 0.2) is 53.0 Å². The molecular formula is C23H28BrClN2O2S. The molecule has 0 heterocycles. The third-order valence-corrected chi connectivity index (χ3v) is 6.29. The third kappa shape index (κ3) is 8.32. The normalized spacial score (nSPS) is 11.9. The first kappa shape index (κ1) is 24.8. The molecule has 2 rings (SSSR count). The van der Waals surface area contributed by atoms with Gasteiger partial charge in [0.05, 0.1) is 5.75 Å². The number of halogens is 2. The molecule has 1 N–H and O–H groups in total. The SMILES string of the molecule is CC(C)CNC(=O)[C@@H](C)N(Cc1ccc(Cl)cc1)C(=O)CSCc1ccc(Br)cc1. The molecule has 0 aliphatic carbocycles. The van der Waals surface area contributed by atoms with E-state index in [0.29, 0.717) is 29.8 Å². The Morgan fingerprint density at radius 2 is 1.63 bits per heavy atom. The maximum absolute atomic E-state index is 13.0. The zero-order valence-electron chi connectivity index (χ0n) is 17.5. The maximum Gasteiger partial charge on any atom is 0.242 e. The fraction of sp³-hybridized carbons (Fsp3) is 0.391. The number of amides is 2. The van der Waals surface area contributed by atoms with Gasteiger partial charge < -0.3 is 10.2 Å². The van der Waals surface area contributed by atoms with E-state index in [1.807, 2.05) is 50.2 Å². The highest BCUT2D eigenvalue weighted by Crippen LogP contribution is 2.18. The van der Waals surface area contributed by atoms with Crippen LogP contribution >= 0.6 is 39.3 Å². The van der Waals surface area contributed by atoms with Crippen molar-refractivity contribution in [3.63, 3.8) is 0 Å². The molecule has 0 aliphatic heterocycles. The van der Waals surface area contributed by atoms with Gasteiger partial charge in [0.15, 0.2) is 0 Å². The number of carbonyl (C=O) groups is 2. The highest BCUT2D eigenvalue weighted by molar-refractivity contribution is 9.10. The van der Waals surface area contributed by atoms with Crippen molar-refractivity contribution in [1.82, 2.24) is 10.2 Å². The Morgan fingerprint density at radius 3 is 2.23 bits per heavy atom. The van der Waals surface area contributed by atoms with Gasteiger partial charge in [0.2, 0.25) is 11.8 Å². The molecular weight excluding hydrogens is 484 g/mol. The lowest BCUT2D eigenvalue weighted by Crippen LogP contribution is -2.48. The van der Waals surface area contributed by atoms with E-state index in [1.54, 1.807) is 35.7 Å². The van der Waals surface area contributed by atoms with Crippen LogP contribution in [-0.4, -0.2) is 35.1 Å². The summed E-state index contributed by atoms with van der Waals surface area (Å²) in [4.78, 5) is 27.3. The van der Waals surface area contributed by atoms with E-state index in [9.17, 15) is 9.59 Å². The first-order valence-corrected chi connectivity index (χ1v) is 12.2. The second-order valence-corrected chi connectivity index (χ2v) is 9.92. The van der Waals surface area contributed by atoms with Crippen LogP contribution in [0.4, 0.5) is 0 Å². The van der Waals surface area contributed by atoms with Crippen molar-refractivity contribution in [2.45, 2.75) is 39.1 Å². The van der Waals surface area contributed by atoms with Crippen LogP contribution < -0.4 is 5.32 Å². The van der Waals surface area contributed by atoms with Crippen molar-refractivity contribution >= 4 is 51.1 Å². The highest BCUT2D eigenvalue weighted by Gasteiger charge is 2.26. The first-order chi connectivity index (χ1) is 14.3. The van der Waals surface area contributed by atoms with Crippen LogP contribution in [0.2, 0.25) is 5.02 Å². The summed E-state index contributed by atoms with van der Waals surface area (Å²) in [6, 6.07) is 14.9. The van der Waals surface area contributed by atoms with Crippen molar-refractivity contribution in [1.29, 1.82) is 0 Å². The second kappa shape index (κ2) is 12.4. The molecule has 162 valence electrons. The molecule has 2 amide bonds. The summed E-state index contributed by atoms with van der Waals surface area (Å²) in [6.07, 6.45) is 0. The summed E-state index contributed by atoms with van der Waals surface area (Å²) in [6.45, 7) is 6.82. The van der Waals surface area contributed by atoms with Gasteiger partial charge in [0, 0.05) is 28.3 Å². The summed E-state index contributed by atoms with van der Waals surface area (Å²) in [7, 11) is 0. The molecule has 0 fully saturated rings. The molecule has 0 aromatic heterocycles. The van der Waals surface area contributed by atoms with Crippen molar-refractivity contribution < 1.29 is 9.59 Å². The van der Waals surface area contributed by atoms with Gasteiger partial charge >= 0.3 is 0 Å². The topological polar surface area (TPSA) is 49.4 Å². The Morgan fingerprint density at radius 1 is 1.03 bits per heavy atom. The molecule has 0 saturated carbocycles. The quantitative estimate of drug-likeness (QED) is 0.456. The number of benzene rings is 2. The molecule has 4 nitrogen and oxygen atoms in total. The monoisotopic (exact) mass is 510 g/mol. The molecule has 0 spiro atoms. The first-order valence-electron chi connectivity index (χ1n) is 9.90. The highest BCUT2D eigenvalue weighted by atomic mass is 79.9. The minimum absolute atomic E-state index is 0.0562. The van der Waals surface area contributed by atoms with Crippen LogP contribution in [0.3, 0.4) is 0 Å². The number of thioether (sulfide) groups is 1. The maximum atomic E-state index is 13.0. The van der Waals surface area contributed by atoms with E-state index >= 15 is 0 Å². The molecule has 0 bridgehead atoms. The lowest BCUT2D eigenvalue weighted by Gasteiger charge is -2.29. The van der Waals surface area contributed by atoms with Crippen LogP contribution in [0, 0.1) is 5.92 Å². The van der Waals surface area contributed by atoms with E-state index in [0.717, 1.165) is 21.4 Å². The number of carbonyl (C=O) groups excluding carboxylic acids is 2. The fourth-order valence-corrected chi connectivity index (χ4v) is 4.00. The van der Waals surface area contributed by atoms with E-state index in [4.69, 9.17) is 11.6 Å². The molecule has 0 unspecified atom stereocenters. The summed E-state index contributed by atoms with van der Waals surface area (Å²) >= 11 is 11.0. The zero-order chi connectivity index (χ0) is 22.1. The zero-order valence-corrected chi connectivity index (χ0v) is 20.7. The minimum Gasteiger partial charge on any atom is -0.354 e. The Labute approximate surface area is 196 Å². The van der Waals surface area contributed by atoms with E-state index in [-0.39, 0.29) is 11.8 Å².